The van der Waals surface area contributed by atoms with Crippen LogP contribution in [0.5, 0.6) is 17.2 Å². The van der Waals surface area contributed by atoms with Gasteiger partial charge in [-0.1, -0.05) is 25.3 Å². The first kappa shape index (κ1) is 20.5. The van der Waals surface area contributed by atoms with Gasteiger partial charge in [0.2, 0.25) is 9.84 Å². The third-order valence-electron chi connectivity index (χ3n) is 3.41. The molecule has 0 heterocycles. The molecule has 0 N–H and O–H groups in total. The van der Waals surface area contributed by atoms with Crippen LogP contribution in [0, 0.1) is 0 Å². The Bertz CT molecular complexity index is 929. The van der Waals surface area contributed by atoms with E-state index in [2.05, 4.69) is 13.2 Å². The molecule has 0 spiro atoms. The van der Waals surface area contributed by atoms with Crippen molar-refractivity contribution in [2.45, 2.75) is 31.3 Å². The monoisotopic (exact) mass is 384 g/mol. The normalized spacial score (nSPS) is 12.3. The Morgan fingerprint density at radius 2 is 1.37 bits per heavy atom. The summed E-state index contributed by atoms with van der Waals surface area (Å²) in [5, 5.41) is 0. The second-order valence-corrected chi connectivity index (χ2v) is 8.72. The molecule has 0 atom stereocenters. The lowest BCUT2D eigenvalue weighted by molar-refractivity contribution is 0.131. The third-order valence-corrected chi connectivity index (χ3v) is 5.23. The standard InChI is InChI=1S/C22H24O4S/c1-6-8-20(7-2)27(23,24)21-15-13-18(14-16-21)25-17-9-11-19(12-10-17)26-22(3,4)5/h6-16H,1-2H2,3-5H3/b20-8+. The Balaban J connectivity index is 2.15. The fraction of sp³-hybridized carbons (Fsp3) is 0.182. The van der Waals surface area contributed by atoms with Crippen LogP contribution in [0.15, 0.2) is 89.7 Å². The molecule has 0 saturated carbocycles. The SMILES string of the molecule is C=C/C=C(\C=C)S(=O)(=O)c1ccc(Oc2ccc(OC(C)(C)C)cc2)cc1. The van der Waals surface area contributed by atoms with Crippen molar-refractivity contribution in [1.82, 2.24) is 0 Å². The first-order valence-electron chi connectivity index (χ1n) is 8.43. The zero-order valence-corrected chi connectivity index (χ0v) is 16.6. The van der Waals surface area contributed by atoms with Gasteiger partial charge in [-0.15, -0.1) is 0 Å². The quantitative estimate of drug-likeness (QED) is 0.576. The Morgan fingerprint density at radius 1 is 0.889 bits per heavy atom. The van der Waals surface area contributed by atoms with E-state index in [9.17, 15) is 8.42 Å². The molecular formula is C22H24O4S. The predicted octanol–water partition coefficient (Wildman–Crippen LogP) is 5.69. The van der Waals surface area contributed by atoms with Gasteiger partial charge in [-0.2, -0.15) is 0 Å². The molecular weight excluding hydrogens is 360 g/mol. The molecule has 4 nitrogen and oxygen atoms in total. The largest absolute Gasteiger partial charge is 0.488 e. The van der Waals surface area contributed by atoms with Gasteiger partial charge in [-0.3, -0.25) is 0 Å². The second kappa shape index (κ2) is 8.27. The Labute approximate surface area is 161 Å². The molecule has 0 saturated heterocycles. The minimum atomic E-state index is -3.63. The fourth-order valence-electron chi connectivity index (χ4n) is 2.27. The number of allylic oxidation sites excluding steroid dienone is 3. The summed E-state index contributed by atoms with van der Waals surface area (Å²) < 4.78 is 36.6. The summed E-state index contributed by atoms with van der Waals surface area (Å²) in [5.74, 6) is 1.92. The smallest absolute Gasteiger partial charge is 0.206 e. The van der Waals surface area contributed by atoms with Crippen LogP contribution in [0.4, 0.5) is 0 Å². The molecule has 0 radical (unpaired) electrons. The molecule has 0 unspecified atom stereocenters. The third kappa shape index (κ3) is 5.59. The highest BCUT2D eigenvalue weighted by molar-refractivity contribution is 7.95. The minimum Gasteiger partial charge on any atom is -0.488 e. The second-order valence-electron chi connectivity index (χ2n) is 6.77. The minimum absolute atomic E-state index is 0.0978. The van der Waals surface area contributed by atoms with E-state index in [4.69, 9.17) is 9.47 Å². The summed E-state index contributed by atoms with van der Waals surface area (Å²) in [7, 11) is -3.63. The highest BCUT2D eigenvalue weighted by Gasteiger charge is 2.18. The van der Waals surface area contributed by atoms with E-state index >= 15 is 0 Å². The van der Waals surface area contributed by atoms with Crippen molar-refractivity contribution in [2.75, 3.05) is 0 Å². The number of hydrogen-bond acceptors (Lipinski definition) is 4. The predicted molar refractivity (Wildman–Crippen MR) is 109 cm³/mol. The number of hydrogen-bond donors (Lipinski definition) is 0. The van der Waals surface area contributed by atoms with Crippen LogP contribution < -0.4 is 9.47 Å². The molecule has 0 aliphatic carbocycles. The van der Waals surface area contributed by atoms with Gasteiger partial charge >= 0.3 is 0 Å². The van der Waals surface area contributed by atoms with Crippen molar-refractivity contribution in [2.24, 2.45) is 0 Å². The zero-order chi connectivity index (χ0) is 20.1. The lowest BCUT2D eigenvalue weighted by atomic mass is 10.2. The van der Waals surface area contributed by atoms with Crippen molar-refractivity contribution in [3.05, 3.63) is 84.8 Å². The average molecular weight is 384 g/mol. The van der Waals surface area contributed by atoms with E-state index in [1.54, 1.807) is 24.3 Å². The summed E-state index contributed by atoms with van der Waals surface area (Å²) in [5.41, 5.74) is -0.270. The van der Waals surface area contributed by atoms with Crippen LogP contribution in [-0.4, -0.2) is 14.0 Å². The van der Waals surface area contributed by atoms with Crippen LogP contribution in [0.3, 0.4) is 0 Å². The van der Waals surface area contributed by atoms with Gasteiger partial charge in [0.25, 0.3) is 0 Å². The highest BCUT2D eigenvalue weighted by Crippen LogP contribution is 2.28. The topological polar surface area (TPSA) is 52.6 Å². The number of rotatable bonds is 7. The van der Waals surface area contributed by atoms with E-state index < -0.39 is 9.84 Å². The molecule has 0 fully saturated rings. The van der Waals surface area contributed by atoms with Crippen molar-refractivity contribution < 1.29 is 17.9 Å². The van der Waals surface area contributed by atoms with Gasteiger partial charge in [0.05, 0.1) is 9.80 Å². The maximum absolute atomic E-state index is 12.5. The van der Waals surface area contributed by atoms with Gasteiger partial charge in [0, 0.05) is 0 Å². The van der Waals surface area contributed by atoms with Crippen LogP contribution in [0.25, 0.3) is 0 Å². The van der Waals surface area contributed by atoms with Gasteiger partial charge in [-0.25, -0.2) is 8.42 Å². The molecule has 27 heavy (non-hydrogen) atoms. The Morgan fingerprint density at radius 3 is 1.81 bits per heavy atom. The molecule has 0 amide bonds. The Hall–Kier alpha value is -2.79. The lowest BCUT2D eigenvalue weighted by Gasteiger charge is -2.21. The number of benzene rings is 2. The zero-order valence-electron chi connectivity index (χ0n) is 15.8. The van der Waals surface area contributed by atoms with Gasteiger partial charge < -0.3 is 9.47 Å². The molecule has 142 valence electrons. The van der Waals surface area contributed by atoms with Crippen molar-refractivity contribution >= 4 is 9.84 Å². The van der Waals surface area contributed by atoms with E-state index in [1.165, 1.54) is 30.4 Å². The molecule has 5 heteroatoms. The van der Waals surface area contributed by atoms with Gasteiger partial charge in [-0.05, 0) is 75.4 Å². The first-order chi connectivity index (χ1) is 12.7. The molecule has 2 rings (SSSR count). The highest BCUT2D eigenvalue weighted by atomic mass is 32.2. The van der Waals surface area contributed by atoms with E-state index in [-0.39, 0.29) is 15.4 Å². The van der Waals surface area contributed by atoms with Gasteiger partial charge in [0.1, 0.15) is 22.8 Å². The fourth-order valence-corrected chi connectivity index (χ4v) is 3.53. The van der Waals surface area contributed by atoms with Crippen LogP contribution in [-0.2, 0) is 9.84 Å². The maximum atomic E-state index is 12.5. The summed E-state index contributed by atoms with van der Waals surface area (Å²) in [6, 6.07) is 13.5. The summed E-state index contributed by atoms with van der Waals surface area (Å²) >= 11 is 0. The van der Waals surface area contributed by atoms with Gasteiger partial charge in [0.15, 0.2) is 0 Å². The average Bonchev–Trinajstić information content (AvgIpc) is 2.60. The Kier molecular flexibility index (Phi) is 6.28. The lowest BCUT2D eigenvalue weighted by Crippen LogP contribution is -2.22. The summed E-state index contributed by atoms with van der Waals surface area (Å²) in [6.45, 7) is 13.0. The molecule has 0 bridgehead atoms. The molecule has 0 aromatic heterocycles. The van der Waals surface area contributed by atoms with E-state index in [0.717, 1.165) is 5.75 Å². The molecule has 0 aliphatic heterocycles. The summed E-state index contributed by atoms with van der Waals surface area (Å²) in [4.78, 5) is 0.261. The van der Waals surface area contributed by atoms with Crippen molar-refractivity contribution in [1.29, 1.82) is 0 Å². The van der Waals surface area contributed by atoms with Crippen LogP contribution >= 0.6 is 0 Å². The maximum Gasteiger partial charge on any atom is 0.206 e. The molecule has 2 aromatic rings. The van der Waals surface area contributed by atoms with Crippen LogP contribution in [0.2, 0.25) is 0 Å². The first-order valence-corrected chi connectivity index (χ1v) is 9.91. The molecule has 2 aromatic carbocycles. The summed E-state index contributed by atoms with van der Waals surface area (Å²) in [6.07, 6.45) is 4.12. The molecule has 0 aliphatic rings. The van der Waals surface area contributed by atoms with Crippen LogP contribution in [0.1, 0.15) is 20.8 Å². The van der Waals surface area contributed by atoms with E-state index in [1.807, 2.05) is 32.9 Å². The number of ether oxygens (including phenoxy) is 2. The van der Waals surface area contributed by atoms with Crippen molar-refractivity contribution in [3.63, 3.8) is 0 Å². The van der Waals surface area contributed by atoms with Crippen molar-refractivity contribution in [3.8, 4) is 17.2 Å². The van der Waals surface area contributed by atoms with E-state index in [0.29, 0.717) is 11.5 Å². The number of sulfone groups is 1.